The Morgan fingerprint density at radius 2 is 2.20 bits per heavy atom. The molecule has 0 amide bonds. The summed E-state index contributed by atoms with van der Waals surface area (Å²) in [6, 6.07) is 3.71. The molecule has 0 fully saturated rings. The Labute approximate surface area is 96.2 Å². The van der Waals surface area contributed by atoms with Gasteiger partial charge in [-0.2, -0.15) is 0 Å². The monoisotopic (exact) mass is 274 g/mol. The molecule has 0 bridgehead atoms. The van der Waals surface area contributed by atoms with Gasteiger partial charge in [0.25, 0.3) is 0 Å². The minimum atomic E-state index is -0.468. The molecule has 1 aromatic carbocycles. The number of ether oxygens (including phenoxy) is 1. The van der Waals surface area contributed by atoms with Crippen LogP contribution >= 0.6 is 15.9 Å². The number of halogens is 2. The minimum absolute atomic E-state index is 0.177. The van der Waals surface area contributed by atoms with Crippen molar-refractivity contribution in [2.75, 3.05) is 6.61 Å². The zero-order valence-corrected chi connectivity index (χ0v) is 10.0. The van der Waals surface area contributed by atoms with Crippen molar-refractivity contribution in [3.05, 3.63) is 38.7 Å². The first-order valence-corrected chi connectivity index (χ1v) is 5.56. The van der Waals surface area contributed by atoms with Gasteiger partial charge in [0.2, 0.25) is 5.43 Å². The number of hydrogen-bond acceptors (Lipinski definition) is 2. The van der Waals surface area contributed by atoms with Crippen molar-refractivity contribution >= 4 is 15.9 Å². The Hall–Kier alpha value is -0.900. The first-order chi connectivity index (χ1) is 7.15. The molecule has 0 spiro atoms. The molecule has 0 unspecified atom stereocenters. The summed E-state index contributed by atoms with van der Waals surface area (Å²) >= 11 is 3.00. The summed E-state index contributed by atoms with van der Waals surface area (Å²) in [5.41, 5.74) is -0.324. The van der Waals surface area contributed by atoms with Crippen LogP contribution in [-0.4, -0.2) is 6.61 Å². The topological polar surface area (TPSA) is 26.3 Å². The fourth-order valence-electron chi connectivity index (χ4n) is 1.02. The van der Waals surface area contributed by atoms with E-state index in [-0.39, 0.29) is 15.7 Å². The Bertz CT molecular complexity index is 393. The summed E-state index contributed by atoms with van der Waals surface area (Å²) in [6.07, 6.45) is 1.86. The van der Waals surface area contributed by atoms with Gasteiger partial charge >= 0.3 is 0 Å². The molecule has 0 aromatic heterocycles. The van der Waals surface area contributed by atoms with Crippen molar-refractivity contribution in [3.8, 4) is 5.75 Å². The predicted molar refractivity (Wildman–Crippen MR) is 60.8 cm³/mol. The van der Waals surface area contributed by atoms with Crippen LogP contribution in [0.3, 0.4) is 0 Å². The van der Waals surface area contributed by atoms with Gasteiger partial charge in [-0.05, 0) is 40.5 Å². The van der Waals surface area contributed by atoms with Crippen LogP contribution in [0, 0.1) is 5.82 Å². The Morgan fingerprint density at radius 3 is 2.87 bits per heavy atom. The molecule has 0 heterocycles. The van der Waals surface area contributed by atoms with E-state index in [2.05, 4.69) is 15.9 Å². The van der Waals surface area contributed by atoms with E-state index in [1.807, 2.05) is 6.92 Å². The van der Waals surface area contributed by atoms with E-state index in [1.54, 1.807) is 0 Å². The minimum Gasteiger partial charge on any atom is -0.489 e. The van der Waals surface area contributed by atoms with Crippen LogP contribution in [0.5, 0.6) is 5.75 Å². The van der Waals surface area contributed by atoms with Gasteiger partial charge in [0.15, 0.2) is 5.75 Å². The van der Waals surface area contributed by atoms with Crippen molar-refractivity contribution < 1.29 is 9.13 Å². The van der Waals surface area contributed by atoms with Crippen molar-refractivity contribution in [1.82, 2.24) is 0 Å². The fraction of sp³-hybridized carbons (Fsp3) is 0.364. The second-order valence-electron chi connectivity index (χ2n) is 3.11. The highest BCUT2D eigenvalue weighted by Gasteiger charge is 2.03. The van der Waals surface area contributed by atoms with E-state index in [4.69, 9.17) is 4.74 Å². The number of rotatable bonds is 4. The van der Waals surface area contributed by atoms with Crippen molar-refractivity contribution in [3.63, 3.8) is 0 Å². The number of unbranched alkanes of at least 4 members (excludes halogenated alkanes) is 1. The SMILES string of the molecule is CCCCOc1ccc(F)cc(Br)c1=O. The first-order valence-electron chi connectivity index (χ1n) is 4.77. The van der Waals surface area contributed by atoms with Gasteiger partial charge in [-0.3, -0.25) is 4.79 Å². The zero-order chi connectivity index (χ0) is 11.3. The zero-order valence-electron chi connectivity index (χ0n) is 8.43. The van der Waals surface area contributed by atoms with Crippen molar-refractivity contribution in [1.29, 1.82) is 0 Å². The van der Waals surface area contributed by atoms with Crippen LogP contribution in [-0.2, 0) is 0 Å². The second-order valence-corrected chi connectivity index (χ2v) is 3.96. The molecule has 0 radical (unpaired) electrons. The summed E-state index contributed by atoms with van der Waals surface area (Å²) in [4.78, 5) is 11.6. The molecule has 0 atom stereocenters. The molecule has 2 nitrogen and oxygen atoms in total. The van der Waals surface area contributed by atoms with Crippen molar-refractivity contribution in [2.24, 2.45) is 0 Å². The summed E-state index contributed by atoms with van der Waals surface area (Å²) in [5, 5.41) is 0. The third-order valence-corrected chi connectivity index (χ3v) is 2.44. The molecule has 0 aliphatic carbocycles. The molecule has 0 saturated heterocycles. The highest BCUT2D eigenvalue weighted by Crippen LogP contribution is 2.11. The van der Waals surface area contributed by atoms with Gasteiger partial charge in [-0.15, -0.1) is 0 Å². The summed E-state index contributed by atoms with van der Waals surface area (Å²) in [7, 11) is 0. The largest absolute Gasteiger partial charge is 0.489 e. The molecule has 0 aliphatic heterocycles. The van der Waals surface area contributed by atoms with Gasteiger partial charge in [0, 0.05) is 0 Å². The summed E-state index contributed by atoms with van der Waals surface area (Å²) < 4.78 is 18.4. The second kappa shape index (κ2) is 5.85. The predicted octanol–water partition coefficient (Wildman–Crippen LogP) is 3.13. The maximum absolute atomic E-state index is 12.9. The lowest BCUT2D eigenvalue weighted by molar-refractivity contribution is 0.307. The standard InChI is InChI=1S/C11H12BrFO2/c1-2-3-6-15-10-5-4-8(13)7-9(12)11(10)14/h4-5,7H,2-3,6H2,1H3. The summed E-state index contributed by atoms with van der Waals surface area (Å²) in [6.45, 7) is 2.51. The number of hydrogen-bond donors (Lipinski definition) is 0. The van der Waals surface area contributed by atoms with E-state index < -0.39 is 5.82 Å². The Morgan fingerprint density at radius 1 is 1.47 bits per heavy atom. The van der Waals surface area contributed by atoms with E-state index in [0.717, 1.165) is 18.9 Å². The fourth-order valence-corrected chi connectivity index (χ4v) is 1.44. The van der Waals surface area contributed by atoms with Crippen LogP contribution in [0.15, 0.2) is 27.5 Å². The molecular weight excluding hydrogens is 263 g/mol. The molecule has 1 aromatic rings. The maximum atomic E-state index is 12.9. The Kier molecular flexibility index (Phi) is 4.75. The molecule has 0 saturated carbocycles. The third-order valence-electron chi connectivity index (χ3n) is 1.85. The smallest absolute Gasteiger partial charge is 0.234 e. The summed E-state index contributed by atoms with van der Waals surface area (Å²) in [5.74, 6) is -0.288. The van der Waals surface area contributed by atoms with Crippen LogP contribution in [0.4, 0.5) is 4.39 Å². The molecule has 0 aliphatic rings. The molecule has 82 valence electrons. The molecule has 4 heteroatoms. The normalized spacial score (nSPS) is 10.1. The van der Waals surface area contributed by atoms with Gasteiger partial charge in [-0.1, -0.05) is 13.3 Å². The van der Waals surface area contributed by atoms with Gasteiger partial charge in [0.1, 0.15) is 5.82 Å². The van der Waals surface area contributed by atoms with Gasteiger partial charge in [0.05, 0.1) is 11.1 Å². The lowest BCUT2D eigenvalue weighted by atomic mass is 10.3. The van der Waals surface area contributed by atoms with Gasteiger partial charge in [-0.25, -0.2) is 4.39 Å². The van der Waals surface area contributed by atoms with E-state index in [1.165, 1.54) is 12.1 Å². The average molecular weight is 275 g/mol. The quantitative estimate of drug-likeness (QED) is 0.789. The molecule has 0 N–H and O–H groups in total. The first kappa shape index (κ1) is 12.2. The molecular formula is C11H12BrFO2. The molecule has 15 heavy (non-hydrogen) atoms. The van der Waals surface area contributed by atoms with Crippen LogP contribution in [0.1, 0.15) is 19.8 Å². The Balaban J connectivity index is 2.94. The molecule has 1 rings (SSSR count). The highest BCUT2D eigenvalue weighted by atomic mass is 79.9. The van der Waals surface area contributed by atoms with E-state index in [0.29, 0.717) is 6.61 Å². The van der Waals surface area contributed by atoms with Gasteiger partial charge < -0.3 is 4.74 Å². The lowest BCUT2D eigenvalue weighted by Gasteiger charge is -2.01. The van der Waals surface area contributed by atoms with Crippen LogP contribution in [0.2, 0.25) is 0 Å². The van der Waals surface area contributed by atoms with Crippen LogP contribution in [0.25, 0.3) is 0 Å². The van der Waals surface area contributed by atoms with Crippen LogP contribution < -0.4 is 10.2 Å². The van der Waals surface area contributed by atoms with E-state index >= 15 is 0 Å². The maximum Gasteiger partial charge on any atom is 0.234 e. The lowest BCUT2D eigenvalue weighted by Crippen LogP contribution is -2.07. The van der Waals surface area contributed by atoms with Crippen molar-refractivity contribution in [2.45, 2.75) is 19.8 Å². The average Bonchev–Trinajstić information content (AvgIpc) is 2.31. The van der Waals surface area contributed by atoms with E-state index in [9.17, 15) is 9.18 Å². The third kappa shape index (κ3) is 3.63. The highest BCUT2D eigenvalue weighted by molar-refractivity contribution is 9.10.